The highest BCUT2D eigenvalue weighted by Crippen LogP contribution is 2.39. The van der Waals surface area contributed by atoms with Crippen molar-refractivity contribution in [2.45, 2.75) is 18.8 Å². The summed E-state index contributed by atoms with van der Waals surface area (Å²) in [6.07, 6.45) is 3.74. The summed E-state index contributed by atoms with van der Waals surface area (Å²) in [5.74, 6) is -0.107. The molecule has 4 rings (SSSR count). The van der Waals surface area contributed by atoms with Crippen molar-refractivity contribution in [1.82, 2.24) is 15.2 Å². The molecule has 1 aliphatic rings. The minimum Gasteiger partial charge on any atom is -0.356 e. The molecule has 0 spiro atoms. The Balaban J connectivity index is 1.46. The average Bonchev–Trinajstić information content (AvgIpc) is 3.16. The van der Waals surface area contributed by atoms with Gasteiger partial charge in [-0.2, -0.15) is 5.10 Å². The van der Waals surface area contributed by atoms with E-state index in [1.165, 1.54) is 36.5 Å². The number of halogens is 1. The van der Waals surface area contributed by atoms with Crippen LogP contribution in [-0.2, 0) is 0 Å². The Kier molecular flexibility index (Phi) is 3.68. The molecule has 25 heavy (non-hydrogen) atoms. The second-order valence-corrected chi connectivity index (χ2v) is 6.07. The summed E-state index contributed by atoms with van der Waals surface area (Å²) < 4.78 is 12.9. The number of hydrogen-bond donors (Lipinski definition) is 3. The number of H-pyrrole nitrogens is 2. The SMILES string of the molecule is O=C(c1ccc(F)cc1)c1c[nH]c(C(=O)Nc2cc(C3CC3)[nH]n2)c1. The predicted octanol–water partition coefficient (Wildman–Crippen LogP) is 3.24. The standard InChI is InChI=1S/C18H15FN4O2/c19-13-5-3-11(4-6-13)17(24)12-7-15(20-9-12)18(25)21-16-8-14(22-23-16)10-1-2-10/h3-10,20H,1-2H2,(H2,21,22,23,25). The molecule has 1 amide bonds. The smallest absolute Gasteiger partial charge is 0.273 e. The van der Waals surface area contributed by atoms with E-state index in [1.807, 2.05) is 6.07 Å². The molecule has 0 aliphatic heterocycles. The number of benzene rings is 1. The summed E-state index contributed by atoms with van der Waals surface area (Å²) in [7, 11) is 0. The molecule has 0 bridgehead atoms. The normalized spacial score (nSPS) is 13.6. The molecule has 3 N–H and O–H groups in total. The van der Waals surface area contributed by atoms with E-state index in [0.717, 1.165) is 18.5 Å². The molecule has 2 heterocycles. The van der Waals surface area contributed by atoms with Crippen molar-refractivity contribution < 1.29 is 14.0 Å². The first-order chi connectivity index (χ1) is 12.1. The van der Waals surface area contributed by atoms with E-state index in [9.17, 15) is 14.0 Å². The largest absolute Gasteiger partial charge is 0.356 e. The van der Waals surface area contributed by atoms with Gasteiger partial charge in [0.25, 0.3) is 5.91 Å². The van der Waals surface area contributed by atoms with Gasteiger partial charge in [0.1, 0.15) is 11.5 Å². The van der Waals surface area contributed by atoms with Crippen molar-refractivity contribution >= 4 is 17.5 Å². The number of nitrogens with one attached hydrogen (secondary N) is 3. The lowest BCUT2D eigenvalue weighted by molar-refractivity contribution is 0.102. The first-order valence-corrected chi connectivity index (χ1v) is 7.95. The molecule has 0 unspecified atom stereocenters. The van der Waals surface area contributed by atoms with E-state index in [4.69, 9.17) is 0 Å². The maximum atomic E-state index is 12.9. The van der Waals surface area contributed by atoms with Crippen LogP contribution in [0.15, 0.2) is 42.6 Å². The van der Waals surface area contributed by atoms with Gasteiger partial charge in [0.05, 0.1) is 0 Å². The number of carbonyl (C=O) groups excluding carboxylic acids is 2. The minimum absolute atomic E-state index is 0.251. The molecule has 1 aliphatic carbocycles. The number of carbonyl (C=O) groups is 2. The van der Waals surface area contributed by atoms with Crippen molar-refractivity contribution in [3.8, 4) is 0 Å². The van der Waals surface area contributed by atoms with Crippen LogP contribution >= 0.6 is 0 Å². The zero-order valence-corrected chi connectivity index (χ0v) is 13.2. The fraction of sp³-hybridized carbons (Fsp3) is 0.167. The molecule has 1 aromatic carbocycles. The maximum Gasteiger partial charge on any atom is 0.273 e. The van der Waals surface area contributed by atoms with Gasteiger partial charge in [-0.25, -0.2) is 4.39 Å². The molecular weight excluding hydrogens is 323 g/mol. The van der Waals surface area contributed by atoms with Gasteiger partial charge in [0, 0.05) is 35.0 Å². The lowest BCUT2D eigenvalue weighted by Gasteiger charge is -1.99. The molecule has 126 valence electrons. The van der Waals surface area contributed by atoms with Crippen LogP contribution in [0.1, 0.15) is 50.9 Å². The van der Waals surface area contributed by atoms with Crippen LogP contribution in [0, 0.1) is 5.82 Å². The lowest BCUT2D eigenvalue weighted by Crippen LogP contribution is -2.12. The third kappa shape index (κ3) is 3.21. The number of anilines is 1. The van der Waals surface area contributed by atoms with Gasteiger partial charge >= 0.3 is 0 Å². The third-order valence-corrected chi connectivity index (χ3v) is 4.15. The zero-order chi connectivity index (χ0) is 17.4. The van der Waals surface area contributed by atoms with Crippen molar-refractivity contribution in [3.63, 3.8) is 0 Å². The third-order valence-electron chi connectivity index (χ3n) is 4.15. The van der Waals surface area contributed by atoms with E-state index in [-0.39, 0.29) is 17.4 Å². The Morgan fingerprint density at radius 3 is 2.60 bits per heavy atom. The number of aromatic nitrogens is 3. The molecule has 1 fully saturated rings. The number of ketones is 1. The highest BCUT2D eigenvalue weighted by atomic mass is 19.1. The minimum atomic E-state index is -0.407. The molecule has 0 atom stereocenters. The van der Waals surface area contributed by atoms with E-state index >= 15 is 0 Å². The Labute approximate surface area is 142 Å². The fourth-order valence-electron chi connectivity index (χ4n) is 2.61. The number of hydrogen-bond acceptors (Lipinski definition) is 3. The highest BCUT2D eigenvalue weighted by molar-refractivity contribution is 6.11. The second-order valence-electron chi connectivity index (χ2n) is 6.07. The molecule has 3 aromatic rings. The quantitative estimate of drug-likeness (QED) is 0.624. The van der Waals surface area contributed by atoms with Gasteiger partial charge in [-0.3, -0.25) is 14.7 Å². The van der Waals surface area contributed by atoms with Crippen molar-refractivity contribution in [2.24, 2.45) is 0 Å². The monoisotopic (exact) mass is 338 g/mol. The molecule has 2 aromatic heterocycles. The van der Waals surface area contributed by atoms with Gasteiger partial charge < -0.3 is 10.3 Å². The molecule has 0 saturated heterocycles. The lowest BCUT2D eigenvalue weighted by atomic mass is 10.1. The molecular formula is C18H15FN4O2. The second kappa shape index (κ2) is 6.01. The average molecular weight is 338 g/mol. The Morgan fingerprint density at radius 2 is 1.88 bits per heavy atom. The Morgan fingerprint density at radius 1 is 1.12 bits per heavy atom. The van der Waals surface area contributed by atoms with Crippen molar-refractivity contribution in [3.05, 3.63) is 70.9 Å². The summed E-state index contributed by atoms with van der Waals surface area (Å²) in [5, 5.41) is 9.67. The van der Waals surface area contributed by atoms with Crippen LogP contribution in [-0.4, -0.2) is 26.9 Å². The molecule has 7 heteroatoms. The van der Waals surface area contributed by atoms with Gasteiger partial charge in [-0.15, -0.1) is 0 Å². The number of rotatable bonds is 5. The summed E-state index contributed by atoms with van der Waals surface area (Å²) in [6, 6.07) is 8.56. The van der Waals surface area contributed by atoms with E-state index < -0.39 is 5.82 Å². The number of aromatic amines is 2. The van der Waals surface area contributed by atoms with E-state index in [0.29, 0.717) is 22.9 Å². The molecule has 6 nitrogen and oxygen atoms in total. The van der Waals surface area contributed by atoms with Crippen LogP contribution < -0.4 is 5.32 Å². The highest BCUT2D eigenvalue weighted by Gasteiger charge is 2.26. The maximum absolute atomic E-state index is 12.9. The molecule has 0 radical (unpaired) electrons. The van der Waals surface area contributed by atoms with Gasteiger partial charge in [-0.05, 0) is 43.2 Å². The van der Waals surface area contributed by atoms with E-state index in [2.05, 4.69) is 20.5 Å². The van der Waals surface area contributed by atoms with Crippen molar-refractivity contribution in [2.75, 3.05) is 5.32 Å². The van der Waals surface area contributed by atoms with Gasteiger partial charge in [0.2, 0.25) is 0 Å². The van der Waals surface area contributed by atoms with Crippen molar-refractivity contribution in [1.29, 1.82) is 0 Å². The summed E-state index contributed by atoms with van der Waals surface area (Å²) in [4.78, 5) is 27.4. The van der Waals surface area contributed by atoms with Gasteiger partial charge in [-0.1, -0.05) is 0 Å². The number of amides is 1. The fourth-order valence-corrected chi connectivity index (χ4v) is 2.61. The Bertz CT molecular complexity index is 938. The van der Waals surface area contributed by atoms with Crippen LogP contribution in [0.25, 0.3) is 0 Å². The molecule has 1 saturated carbocycles. The van der Waals surface area contributed by atoms with Crippen LogP contribution in [0.2, 0.25) is 0 Å². The van der Waals surface area contributed by atoms with Gasteiger partial charge in [0.15, 0.2) is 11.6 Å². The predicted molar refractivity (Wildman–Crippen MR) is 89.1 cm³/mol. The summed E-state index contributed by atoms with van der Waals surface area (Å²) in [5.41, 5.74) is 1.96. The van der Waals surface area contributed by atoms with Crippen LogP contribution in [0.4, 0.5) is 10.2 Å². The topological polar surface area (TPSA) is 90.6 Å². The van der Waals surface area contributed by atoms with E-state index in [1.54, 1.807) is 0 Å². The zero-order valence-electron chi connectivity index (χ0n) is 13.2. The first-order valence-electron chi connectivity index (χ1n) is 7.95. The first kappa shape index (κ1) is 15.3. The Hall–Kier alpha value is -3.22. The summed E-state index contributed by atoms with van der Waals surface area (Å²) >= 11 is 0. The van der Waals surface area contributed by atoms with Crippen LogP contribution in [0.3, 0.4) is 0 Å². The number of nitrogens with zero attached hydrogens (tertiary/aromatic N) is 1. The summed E-state index contributed by atoms with van der Waals surface area (Å²) in [6.45, 7) is 0. The van der Waals surface area contributed by atoms with Crippen LogP contribution in [0.5, 0.6) is 0 Å².